The SMILES string of the molecule is CCOC(=O)c1csc(Nc2ccc(/N=c3\sc4ccccc4n3COCC[Si](C)(C)C)nn2)n1. The number of rotatable bonds is 10. The van der Waals surface area contributed by atoms with E-state index in [1.54, 1.807) is 35.8 Å². The number of benzene rings is 1. The Morgan fingerprint density at radius 2 is 2.00 bits per heavy atom. The van der Waals surface area contributed by atoms with Crippen LogP contribution in [0.3, 0.4) is 0 Å². The van der Waals surface area contributed by atoms with E-state index in [-0.39, 0.29) is 5.69 Å². The van der Waals surface area contributed by atoms with Crippen LogP contribution in [0.5, 0.6) is 0 Å². The molecule has 35 heavy (non-hydrogen) atoms. The minimum atomic E-state index is -1.16. The summed E-state index contributed by atoms with van der Waals surface area (Å²) in [5.74, 6) is 0.551. The van der Waals surface area contributed by atoms with E-state index < -0.39 is 14.0 Å². The van der Waals surface area contributed by atoms with Gasteiger partial charge in [-0.25, -0.2) is 9.78 Å². The van der Waals surface area contributed by atoms with Crippen LogP contribution in [0.15, 0.2) is 46.8 Å². The Kier molecular flexibility index (Phi) is 8.06. The molecular formula is C23H28N6O3S2Si. The molecule has 12 heteroatoms. The van der Waals surface area contributed by atoms with Crippen LogP contribution < -0.4 is 10.1 Å². The number of hydrogen-bond donors (Lipinski definition) is 1. The summed E-state index contributed by atoms with van der Waals surface area (Å²) in [7, 11) is -1.16. The molecule has 0 aliphatic carbocycles. The minimum absolute atomic E-state index is 0.264. The fourth-order valence-corrected chi connectivity index (χ4v) is 5.52. The molecule has 4 rings (SSSR count). The van der Waals surface area contributed by atoms with Crippen LogP contribution in [0.1, 0.15) is 17.4 Å². The highest BCUT2D eigenvalue weighted by Gasteiger charge is 2.14. The molecule has 0 atom stereocenters. The van der Waals surface area contributed by atoms with Crippen molar-refractivity contribution in [3.8, 4) is 0 Å². The first-order chi connectivity index (χ1) is 16.8. The molecule has 0 saturated heterocycles. The van der Waals surface area contributed by atoms with E-state index in [2.05, 4.69) is 56.8 Å². The lowest BCUT2D eigenvalue weighted by atomic mass is 10.3. The molecule has 0 fully saturated rings. The fourth-order valence-electron chi connectivity index (χ4n) is 3.05. The van der Waals surface area contributed by atoms with Crippen molar-refractivity contribution >= 4 is 63.7 Å². The van der Waals surface area contributed by atoms with Gasteiger partial charge in [0, 0.05) is 20.1 Å². The first kappa shape index (κ1) is 25.2. The number of nitrogens with zero attached hydrogens (tertiary/aromatic N) is 5. The molecule has 3 aromatic heterocycles. The van der Waals surface area contributed by atoms with Crippen molar-refractivity contribution in [1.29, 1.82) is 0 Å². The monoisotopic (exact) mass is 528 g/mol. The summed E-state index contributed by atoms with van der Waals surface area (Å²) in [6.07, 6.45) is 0. The van der Waals surface area contributed by atoms with Gasteiger partial charge in [-0.1, -0.05) is 43.1 Å². The van der Waals surface area contributed by atoms with Gasteiger partial charge in [0.1, 0.15) is 6.73 Å². The topological polar surface area (TPSA) is 104 Å². The van der Waals surface area contributed by atoms with Gasteiger partial charge in [0.2, 0.25) is 0 Å². The van der Waals surface area contributed by atoms with Crippen molar-refractivity contribution in [2.75, 3.05) is 18.5 Å². The van der Waals surface area contributed by atoms with E-state index in [9.17, 15) is 4.79 Å². The number of nitrogens with one attached hydrogen (secondary N) is 1. The average molecular weight is 529 g/mol. The fraction of sp³-hybridized carbons (Fsp3) is 0.348. The molecule has 0 aliphatic heterocycles. The van der Waals surface area contributed by atoms with E-state index in [4.69, 9.17) is 14.5 Å². The van der Waals surface area contributed by atoms with Crippen molar-refractivity contribution in [1.82, 2.24) is 19.7 Å². The normalized spacial score (nSPS) is 12.3. The van der Waals surface area contributed by atoms with Crippen LogP contribution in [0.25, 0.3) is 10.2 Å². The Morgan fingerprint density at radius 3 is 2.74 bits per heavy atom. The zero-order chi connectivity index (χ0) is 24.8. The molecule has 0 bridgehead atoms. The predicted octanol–water partition coefficient (Wildman–Crippen LogP) is 5.41. The highest BCUT2D eigenvalue weighted by Crippen LogP contribution is 2.21. The van der Waals surface area contributed by atoms with Crippen LogP contribution in [0.4, 0.5) is 16.8 Å². The Morgan fingerprint density at radius 1 is 1.17 bits per heavy atom. The van der Waals surface area contributed by atoms with E-state index in [1.165, 1.54) is 11.3 Å². The standard InChI is InChI=1S/C23H28N6O3S2Si/c1-5-32-21(30)16-14-33-22(24-16)25-19-10-11-20(28-27-19)26-23-29(15-31-12-13-35(2,3)4)17-8-6-7-9-18(17)34-23/h6-11,14H,5,12-13,15H2,1-4H3,(H,24,25,27)/b26-23-. The summed E-state index contributed by atoms with van der Waals surface area (Å²) in [4.78, 5) is 21.6. The summed E-state index contributed by atoms with van der Waals surface area (Å²) >= 11 is 2.88. The second-order valence-corrected chi connectivity index (χ2v) is 16.4. The summed E-state index contributed by atoms with van der Waals surface area (Å²) in [6.45, 7) is 10.3. The van der Waals surface area contributed by atoms with Gasteiger partial charge in [0.05, 0.1) is 16.8 Å². The number of para-hydroxylation sites is 1. The van der Waals surface area contributed by atoms with Crippen LogP contribution in [-0.2, 0) is 16.2 Å². The number of carbonyl (C=O) groups excluding carboxylic acids is 1. The van der Waals surface area contributed by atoms with E-state index in [0.29, 0.717) is 30.1 Å². The number of fused-ring (bicyclic) bond motifs is 1. The van der Waals surface area contributed by atoms with E-state index in [1.807, 2.05) is 12.1 Å². The molecule has 9 nitrogen and oxygen atoms in total. The lowest BCUT2D eigenvalue weighted by Crippen LogP contribution is -2.23. The Bertz CT molecular complexity index is 1360. The number of thiazole rings is 2. The average Bonchev–Trinajstić information content (AvgIpc) is 3.42. The third-order valence-electron chi connectivity index (χ3n) is 4.89. The molecule has 0 aliphatic rings. The number of aromatic nitrogens is 4. The molecule has 4 aromatic rings. The van der Waals surface area contributed by atoms with Gasteiger partial charge >= 0.3 is 5.97 Å². The molecule has 1 aromatic carbocycles. The molecule has 3 heterocycles. The van der Waals surface area contributed by atoms with Crippen molar-refractivity contribution in [3.05, 3.63) is 52.3 Å². The third kappa shape index (κ3) is 6.81. The predicted molar refractivity (Wildman–Crippen MR) is 143 cm³/mol. The highest BCUT2D eigenvalue weighted by molar-refractivity contribution is 7.16. The number of hydrogen-bond acceptors (Lipinski definition) is 10. The number of ether oxygens (including phenoxy) is 2. The molecule has 0 unspecified atom stereocenters. The first-order valence-corrected chi connectivity index (χ1v) is 16.7. The summed E-state index contributed by atoms with van der Waals surface area (Å²) in [6, 6.07) is 12.9. The summed E-state index contributed by atoms with van der Waals surface area (Å²) < 4.78 is 14.2. The van der Waals surface area contributed by atoms with Gasteiger partial charge in [-0.3, -0.25) is 4.57 Å². The van der Waals surface area contributed by atoms with Crippen LogP contribution in [-0.4, -0.2) is 47.0 Å². The van der Waals surface area contributed by atoms with Crippen molar-refractivity contribution in [2.45, 2.75) is 39.3 Å². The largest absolute Gasteiger partial charge is 0.461 e. The molecule has 0 amide bonds. The van der Waals surface area contributed by atoms with Gasteiger partial charge in [0.15, 0.2) is 27.3 Å². The quantitative estimate of drug-likeness (QED) is 0.167. The Hall–Kier alpha value is -2.93. The number of esters is 1. The lowest BCUT2D eigenvalue weighted by molar-refractivity contribution is 0.0520. The van der Waals surface area contributed by atoms with Crippen molar-refractivity contribution in [2.24, 2.45) is 4.99 Å². The molecule has 0 spiro atoms. The summed E-state index contributed by atoms with van der Waals surface area (Å²) in [5.41, 5.74) is 1.34. The van der Waals surface area contributed by atoms with Gasteiger partial charge in [-0.2, -0.15) is 4.99 Å². The first-order valence-electron chi connectivity index (χ1n) is 11.3. The van der Waals surface area contributed by atoms with Crippen LogP contribution in [0, 0.1) is 0 Å². The Balaban J connectivity index is 1.50. The maximum absolute atomic E-state index is 11.8. The van der Waals surface area contributed by atoms with Gasteiger partial charge in [0.25, 0.3) is 0 Å². The molecule has 1 N–H and O–H groups in total. The van der Waals surface area contributed by atoms with Crippen molar-refractivity contribution < 1.29 is 14.3 Å². The zero-order valence-electron chi connectivity index (χ0n) is 20.1. The highest BCUT2D eigenvalue weighted by atomic mass is 32.1. The number of carbonyl (C=O) groups is 1. The van der Waals surface area contributed by atoms with E-state index in [0.717, 1.165) is 27.7 Å². The van der Waals surface area contributed by atoms with Crippen molar-refractivity contribution in [3.63, 3.8) is 0 Å². The zero-order valence-corrected chi connectivity index (χ0v) is 22.8. The molecule has 0 saturated carbocycles. The molecule has 184 valence electrons. The van der Waals surface area contributed by atoms with Gasteiger partial charge in [-0.15, -0.1) is 21.5 Å². The van der Waals surface area contributed by atoms with Gasteiger partial charge in [-0.05, 0) is 37.2 Å². The minimum Gasteiger partial charge on any atom is -0.461 e. The molecule has 0 radical (unpaired) electrons. The summed E-state index contributed by atoms with van der Waals surface area (Å²) in [5, 5.41) is 13.7. The van der Waals surface area contributed by atoms with E-state index >= 15 is 0 Å². The maximum atomic E-state index is 11.8. The second-order valence-electron chi connectivity index (χ2n) is 8.90. The number of anilines is 2. The Labute approximate surface area is 212 Å². The van der Waals surface area contributed by atoms with Gasteiger partial charge < -0.3 is 14.8 Å². The van der Waals surface area contributed by atoms with Crippen LogP contribution in [0.2, 0.25) is 25.7 Å². The third-order valence-corrected chi connectivity index (χ3v) is 8.41. The smallest absolute Gasteiger partial charge is 0.357 e. The molecular weight excluding hydrogens is 501 g/mol. The van der Waals surface area contributed by atoms with Crippen LogP contribution >= 0.6 is 22.7 Å². The maximum Gasteiger partial charge on any atom is 0.357 e. The second kappa shape index (κ2) is 11.2. The lowest BCUT2D eigenvalue weighted by Gasteiger charge is -2.15.